The van der Waals surface area contributed by atoms with Crippen LogP contribution in [-0.4, -0.2) is 0 Å². The molecule has 0 aromatic heterocycles. The van der Waals surface area contributed by atoms with Gasteiger partial charge in [0, 0.05) is 0 Å². The topological polar surface area (TPSA) is 0 Å². The quantitative estimate of drug-likeness (QED) is 0.219. The van der Waals surface area contributed by atoms with Crippen molar-refractivity contribution in [1.29, 1.82) is 0 Å². The summed E-state index contributed by atoms with van der Waals surface area (Å²) in [5, 5.41) is 0. The summed E-state index contributed by atoms with van der Waals surface area (Å²) < 4.78 is 0. The van der Waals surface area contributed by atoms with Crippen LogP contribution in [0.2, 0.25) is 0 Å². The zero-order valence-corrected chi connectivity index (χ0v) is 74.2. The van der Waals surface area contributed by atoms with Crippen LogP contribution in [0.15, 0.2) is 0 Å². The van der Waals surface area contributed by atoms with Crippen molar-refractivity contribution in [3.63, 3.8) is 0 Å². The van der Waals surface area contributed by atoms with Crippen molar-refractivity contribution in [2.24, 2.45) is 0 Å². The molecule has 0 unspecified atom stereocenters. The van der Waals surface area contributed by atoms with Gasteiger partial charge in [0.25, 0.3) is 0 Å². The molecule has 0 rings (SSSR count). The summed E-state index contributed by atoms with van der Waals surface area (Å²) in [4.78, 5) is 0. The van der Waals surface area contributed by atoms with Crippen LogP contribution in [-0.2, 0) is 0 Å². The molecule has 0 aliphatic carbocycles. The van der Waals surface area contributed by atoms with Crippen LogP contribution in [0.1, 0.15) is 25.7 Å². The SMILES string of the molecule is [H-].[H-].[H-].[H-].[H-].[H-].[H-].[H-].[H-].[H-].[H-].[H-].[H-].[H-].[H-].[H-].[H-].[H-].[K+].[K+].[K+].[K+].[K+].[K+].[K+].[K+].[K+].[K+].[K+].[K+].[K+].[K+].[K+].[K+].[K+].[K+]. The summed E-state index contributed by atoms with van der Waals surface area (Å²) in [7, 11) is 0. The van der Waals surface area contributed by atoms with Crippen molar-refractivity contribution in [2.45, 2.75) is 0 Å². The maximum absolute atomic E-state index is 0. The minimum atomic E-state index is 0. The van der Waals surface area contributed by atoms with E-state index in [-0.39, 0.29) is 951 Å². The third-order valence-corrected chi connectivity index (χ3v) is 0. The maximum atomic E-state index is 0. The number of hydrogen-bond acceptors (Lipinski definition) is 0. The number of hydrogen-bond donors (Lipinski definition) is 0. The molecule has 0 atom stereocenters. The van der Waals surface area contributed by atoms with E-state index in [1.54, 1.807) is 0 Å². The fourth-order valence-corrected chi connectivity index (χ4v) is 0. The van der Waals surface area contributed by atoms with Crippen LogP contribution in [0.25, 0.3) is 0 Å². The second kappa shape index (κ2) is 111. The van der Waals surface area contributed by atoms with Crippen molar-refractivity contribution < 1.29 is 951 Å². The van der Waals surface area contributed by atoms with E-state index in [2.05, 4.69) is 0 Å². The van der Waals surface area contributed by atoms with Gasteiger partial charge in [-0.25, -0.2) is 0 Å². The predicted octanol–water partition coefficient (Wildman–Crippen LogP) is -51.9. The molecule has 18 heteroatoms. The van der Waals surface area contributed by atoms with Gasteiger partial charge in [-0.15, -0.1) is 0 Å². The third-order valence-electron chi connectivity index (χ3n) is 0. The van der Waals surface area contributed by atoms with Gasteiger partial charge in [-0.05, 0) is 0 Å². The molecule has 0 N–H and O–H groups in total. The molecule has 0 aromatic carbocycles. The molecular formula is H18K18. The molecule has 0 saturated heterocycles. The first kappa shape index (κ1) is 118. The first-order valence-corrected chi connectivity index (χ1v) is 0. The molecule has 36 valence electrons. The van der Waals surface area contributed by atoms with Gasteiger partial charge >= 0.3 is 925 Å². The van der Waals surface area contributed by atoms with Crippen molar-refractivity contribution in [1.82, 2.24) is 0 Å². The van der Waals surface area contributed by atoms with Gasteiger partial charge in [0.05, 0.1) is 0 Å². The summed E-state index contributed by atoms with van der Waals surface area (Å²) in [6, 6.07) is 0. The van der Waals surface area contributed by atoms with Gasteiger partial charge in [-0.2, -0.15) is 0 Å². The van der Waals surface area contributed by atoms with E-state index in [0.29, 0.717) is 0 Å². The van der Waals surface area contributed by atoms with Crippen molar-refractivity contribution in [3.05, 3.63) is 0 Å². The summed E-state index contributed by atoms with van der Waals surface area (Å²) in [6.07, 6.45) is 0. The Kier molecular flexibility index (Phi) is 725. The Hall–Kier alpha value is 29.5. The molecule has 0 aliphatic rings. The minimum Gasteiger partial charge on any atom is -1.00 e. The molecule has 0 nitrogen and oxygen atoms in total. The molecule has 0 radical (unpaired) electrons. The zero-order chi connectivity index (χ0) is 0. The van der Waals surface area contributed by atoms with Crippen LogP contribution in [0.4, 0.5) is 0 Å². The van der Waals surface area contributed by atoms with Crippen LogP contribution in [0.5, 0.6) is 0 Å². The van der Waals surface area contributed by atoms with E-state index in [1.807, 2.05) is 0 Å². The smallest absolute Gasteiger partial charge is 1.00 e. The van der Waals surface area contributed by atoms with Gasteiger partial charge in [0.15, 0.2) is 0 Å². The van der Waals surface area contributed by atoms with Crippen LogP contribution >= 0.6 is 0 Å². The molecule has 0 aliphatic heterocycles. The molecule has 18 heavy (non-hydrogen) atoms. The Morgan fingerprint density at radius 2 is 0.111 bits per heavy atom. The second-order valence-electron chi connectivity index (χ2n) is 0. The third kappa shape index (κ3) is 104. The standard InChI is InChI=1S/18K.18H/q18*+1;18*-1. The number of rotatable bonds is 0. The summed E-state index contributed by atoms with van der Waals surface area (Å²) >= 11 is 0. The Labute approximate surface area is 909 Å². The van der Waals surface area contributed by atoms with E-state index >= 15 is 0 Å². The van der Waals surface area contributed by atoms with E-state index in [1.165, 1.54) is 0 Å². The average Bonchev–Trinajstić information content (AvgIpc) is 0. The van der Waals surface area contributed by atoms with Crippen molar-refractivity contribution >= 4 is 0 Å². The Bertz CT molecular complexity index is 36.0. The van der Waals surface area contributed by atoms with E-state index in [9.17, 15) is 0 Å². The zero-order valence-electron chi connectivity index (χ0n) is 36.0. The first-order valence-electron chi connectivity index (χ1n) is 0. The second-order valence-corrected chi connectivity index (χ2v) is 0. The molecule has 0 saturated carbocycles. The van der Waals surface area contributed by atoms with Crippen LogP contribution < -0.4 is 925 Å². The molecule has 0 spiro atoms. The van der Waals surface area contributed by atoms with E-state index < -0.39 is 0 Å². The molecule has 0 amide bonds. The van der Waals surface area contributed by atoms with E-state index in [4.69, 9.17) is 0 Å². The average molecular weight is 722 g/mol. The van der Waals surface area contributed by atoms with Crippen molar-refractivity contribution in [2.75, 3.05) is 0 Å². The van der Waals surface area contributed by atoms with Gasteiger partial charge in [0.2, 0.25) is 0 Å². The fourth-order valence-electron chi connectivity index (χ4n) is 0. The summed E-state index contributed by atoms with van der Waals surface area (Å²) in [5.41, 5.74) is 0. The van der Waals surface area contributed by atoms with Crippen molar-refractivity contribution in [3.8, 4) is 0 Å². The van der Waals surface area contributed by atoms with Gasteiger partial charge in [-0.1, -0.05) is 0 Å². The molecule has 0 heterocycles. The van der Waals surface area contributed by atoms with Crippen LogP contribution in [0.3, 0.4) is 0 Å². The molecule has 0 aromatic rings. The minimum absolute atomic E-state index is 0. The van der Waals surface area contributed by atoms with Gasteiger partial charge < -0.3 is 25.7 Å². The summed E-state index contributed by atoms with van der Waals surface area (Å²) in [5.74, 6) is 0. The molecule has 0 fully saturated rings. The Morgan fingerprint density at radius 3 is 0.111 bits per heavy atom. The normalized spacial score (nSPS) is 0. The van der Waals surface area contributed by atoms with Crippen LogP contribution in [0, 0.1) is 0 Å². The maximum Gasteiger partial charge on any atom is 1.00 e. The largest absolute Gasteiger partial charge is 1.00 e. The van der Waals surface area contributed by atoms with Gasteiger partial charge in [-0.3, -0.25) is 0 Å². The van der Waals surface area contributed by atoms with Gasteiger partial charge in [0.1, 0.15) is 0 Å². The summed E-state index contributed by atoms with van der Waals surface area (Å²) in [6.45, 7) is 0. The fraction of sp³-hybridized carbons (Fsp3) is 0. The Morgan fingerprint density at radius 1 is 0.111 bits per heavy atom. The molecular weight excluding hydrogens is 704 g/mol. The predicted molar refractivity (Wildman–Crippen MR) is 20.0 cm³/mol. The Balaban J connectivity index is 0. The van der Waals surface area contributed by atoms with E-state index in [0.717, 1.165) is 0 Å². The monoisotopic (exact) mass is 719 g/mol. The first-order chi connectivity index (χ1) is 0. The molecule has 0 bridgehead atoms.